The number of benzene rings is 2. The van der Waals surface area contributed by atoms with Crippen LogP contribution in [-0.4, -0.2) is 164 Å². The van der Waals surface area contributed by atoms with Crippen molar-refractivity contribution < 1.29 is 46.6 Å². The standard InChI is InChI=1S/C43H58ClF3N8O7/c1-50(2)15-5-25-61-38(57)9-8-37(56)52-23-21-51(22-24-52)31-11-16-53(17-12-31)40(58)36(28-29-26-33(43(45,46)47)39(48)34(44)27-29)62-42(60)54-18-13-32(14-19-54)55-20-10-30-6-3-4-7-35(30)49-41(55)59/h3-4,6-7,26-27,31-32,36H,5,8-25,28,48H2,1-2H3,(H,49,59)/t36-/m1/s1. The molecule has 15 nitrogen and oxygen atoms in total. The highest BCUT2D eigenvalue weighted by Gasteiger charge is 2.39. The molecule has 0 unspecified atom stereocenters. The number of nitrogens with zero attached hydrogens (tertiary/aromatic N) is 6. The number of amides is 5. The van der Waals surface area contributed by atoms with Crippen molar-refractivity contribution in [1.82, 2.24) is 29.4 Å². The number of halogens is 4. The first kappa shape index (κ1) is 46.7. The van der Waals surface area contributed by atoms with Crippen LogP contribution in [0.15, 0.2) is 36.4 Å². The van der Waals surface area contributed by atoms with Gasteiger partial charge >= 0.3 is 24.3 Å². The molecule has 19 heteroatoms. The summed E-state index contributed by atoms with van der Waals surface area (Å²) in [6.45, 7) is 5.08. The Morgan fingerprint density at radius 3 is 2.23 bits per heavy atom. The number of fused-ring (bicyclic) bond motifs is 1. The van der Waals surface area contributed by atoms with E-state index >= 15 is 0 Å². The topological polar surface area (TPSA) is 161 Å². The van der Waals surface area contributed by atoms with Gasteiger partial charge in [0.25, 0.3) is 5.91 Å². The van der Waals surface area contributed by atoms with Crippen molar-refractivity contribution in [1.29, 1.82) is 0 Å². The number of rotatable bonds is 13. The number of likely N-dealkylation sites (tertiary alicyclic amines) is 2. The molecule has 2 aromatic rings. The second kappa shape index (κ2) is 21.0. The first-order chi connectivity index (χ1) is 29.6. The van der Waals surface area contributed by atoms with Crippen molar-refractivity contribution in [3.8, 4) is 0 Å². The van der Waals surface area contributed by atoms with E-state index in [-0.39, 0.29) is 72.9 Å². The van der Waals surface area contributed by atoms with E-state index in [0.29, 0.717) is 84.5 Å². The Morgan fingerprint density at radius 1 is 0.887 bits per heavy atom. The number of ether oxygens (including phenoxy) is 2. The van der Waals surface area contributed by atoms with Gasteiger partial charge in [-0.3, -0.25) is 19.3 Å². The summed E-state index contributed by atoms with van der Waals surface area (Å²) in [6, 6.07) is 9.52. The maximum Gasteiger partial charge on any atom is 0.418 e. The number of esters is 1. The summed E-state index contributed by atoms with van der Waals surface area (Å²) in [7, 11) is 3.89. The second-order valence-corrected chi connectivity index (χ2v) is 17.1. The highest BCUT2D eigenvalue weighted by Crippen LogP contribution is 2.38. The zero-order chi connectivity index (χ0) is 44.6. The highest BCUT2D eigenvalue weighted by molar-refractivity contribution is 6.33. The minimum Gasteiger partial charge on any atom is -0.466 e. The molecule has 3 N–H and O–H groups in total. The van der Waals surface area contributed by atoms with Gasteiger partial charge in [-0.25, -0.2) is 9.59 Å². The van der Waals surface area contributed by atoms with Crippen LogP contribution in [0.4, 0.5) is 34.1 Å². The van der Waals surface area contributed by atoms with E-state index in [9.17, 15) is 37.1 Å². The number of piperidine rings is 2. The molecule has 4 aliphatic heterocycles. The van der Waals surface area contributed by atoms with Crippen molar-refractivity contribution in [2.24, 2.45) is 0 Å². The Kier molecular flexibility index (Phi) is 15.8. The average Bonchev–Trinajstić information content (AvgIpc) is 3.42. The third kappa shape index (κ3) is 12.2. The number of nitrogens with two attached hydrogens (primary N) is 1. The molecule has 3 saturated heterocycles. The van der Waals surface area contributed by atoms with E-state index in [2.05, 4.69) is 10.2 Å². The van der Waals surface area contributed by atoms with Crippen LogP contribution in [0.2, 0.25) is 5.02 Å². The second-order valence-electron chi connectivity index (χ2n) is 16.7. The third-order valence-corrected chi connectivity index (χ3v) is 12.6. The van der Waals surface area contributed by atoms with E-state index in [4.69, 9.17) is 26.8 Å². The fraction of sp³-hybridized carbons (Fsp3) is 0.605. The molecule has 0 aliphatic carbocycles. The van der Waals surface area contributed by atoms with Gasteiger partial charge in [0.05, 0.1) is 29.3 Å². The number of carbonyl (C=O) groups is 5. The van der Waals surface area contributed by atoms with Crippen molar-refractivity contribution in [2.75, 3.05) is 97.2 Å². The Bertz CT molecular complexity index is 1920. The van der Waals surface area contributed by atoms with Crippen LogP contribution in [0.1, 0.15) is 61.6 Å². The average molecular weight is 891 g/mol. The number of nitrogen functional groups attached to an aromatic ring is 1. The molecule has 2 aromatic carbocycles. The Balaban J connectivity index is 1.03. The Hall–Kier alpha value is -4.81. The summed E-state index contributed by atoms with van der Waals surface area (Å²) in [5, 5.41) is 2.65. The highest BCUT2D eigenvalue weighted by atomic mass is 35.5. The fourth-order valence-corrected chi connectivity index (χ4v) is 8.95. The third-order valence-electron chi connectivity index (χ3n) is 12.3. The lowest BCUT2D eigenvalue weighted by atomic mass is 9.99. The predicted molar refractivity (Wildman–Crippen MR) is 226 cm³/mol. The predicted octanol–water partition coefficient (Wildman–Crippen LogP) is 4.95. The summed E-state index contributed by atoms with van der Waals surface area (Å²) < 4.78 is 52.9. The van der Waals surface area contributed by atoms with E-state index in [1.54, 1.807) is 14.7 Å². The van der Waals surface area contributed by atoms with Gasteiger partial charge in [-0.2, -0.15) is 13.2 Å². The van der Waals surface area contributed by atoms with Crippen molar-refractivity contribution in [3.05, 3.63) is 58.1 Å². The molecule has 0 radical (unpaired) electrons. The summed E-state index contributed by atoms with van der Waals surface area (Å²) in [5.74, 6) is -1.01. The van der Waals surface area contributed by atoms with Gasteiger partial charge in [-0.15, -0.1) is 0 Å². The molecule has 340 valence electrons. The van der Waals surface area contributed by atoms with Crippen molar-refractivity contribution >= 4 is 52.9 Å². The molecule has 1 atom stereocenters. The maximum atomic E-state index is 14.2. The van der Waals surface area contributed by atoms with Gasteiger partial charge in [0.15, 0.2) is 6.10 Å². The van der Waals surface area contributed by atoms with E-state index in [1.165, 1.54) is 11.0 Å². The number of anilines is 2. The minimum absolute atomic E-state index is 0.0337. The van der Waals surface area contributed by atoms with Gasteiger partial charge in [0, 0.05) is 96.1 Å². The molecule has 0 spiro atoms. The number of alkyl halides is 3. The number of para-hydroxylation sites is 1. The molecule has 5 amide bonds. The van der Waals surface area contributed by atoms with Gasteiger partial charge in [0.2, 0.25) is 5.91 Å². The number of piperazine rings is 1. The Labute approximate surface area is 365 Å². The number of hydrogen-bond donors (Lipinski definition) is 2. The molecule has 0 saturated carbocycles. The molecular formula is C43H58ClF3N8O7. The summed E-state index contributed by atoms with van der Waals surface area (Å²) >= 11 is 6.15. The zero-order valence-corrected chi connectivity index (χ0v) is 36.2. The normalized spacial score (nSPS) is 18.9. The summed E-state index contributed by atoms with van der Waals surface area (Å²) in [5.41, 5.74) is 5.76. The maximum absolute atomic E-state index is 14.2. The number of carbonyl (C=O) groups excluding carboxylic acids is 5. The van der Waals surface area contributed by atoms with Crippen LogP contribution in [0.3, 0.4) is 0 Å². The number of hydrogen-bond acceptors (Lipinski definition) is 10. The van der Waals surface area contributed by atoms with Crippen LogP contribution in [-0.2, 0) is 42.9 Å². The SMILES string of the molecule is CN(C)CCCOC(=O)CCC(=O)N1CCN(C2CCN(C(=O)[C@@H](Cc3cc(Cl)c(N)c(C(F)(F)F)c3)OC(=O)N3CCC(N4CCc5ccccc5NC4=O)CC3)CC2)CC1. The van der Waals surface area contributed by atoms with Gasteiger partial charge in [-0.1, -0.05) is 29.8 Å². The van der Waals surface area contributed by atoms with Crippen LogP contribution in [0, 0.1) is 0 Å². The number of nitrogens with one attached hydrogen (secondary N) is 1. The zero-order valence-electron chi connectivity index (χ0n) is 35.5. The molecule has 62 heavy (non-hydrogen) atoms. The minimum atomic E-state index is -4.81. The lowest BCUT2D eigenvalue weighted by Gasteiger charge is -2.43. The van der Waals surface area contributed by atoms with Crippen LogP contribution in [0.5, 0.6) is 0 Å². The summed E-state index contributed by atoms with van der Waals surface area (Å²) in [4.78, 5) is 76.9. The van der Waals surface area contributed by atoms with Crippen molar-refractivity contribution in [3.63, 3.8) is 0 Å². The van der Waals surface area contributed by atoms with Crippen LogP contribution in [0.25, 0.3) is 0 Å². The van der Waals surface area contributed by atoms with E-state index in [0.717, 1.165) is 30.3 Å². The molecule has 4 aliphatic rings. The fourth-order valence-electron chi connectivity index (χ4n) is 8.71. The van der Waals surface area contributed by atoms with Crippen LogP contribution >= 0.6 is 11.6 Å². The molecular weight excluding hydrogens is 833 g/mol. The first-order valence-corrected chi connectivity index (χ1v) is 21.8. The molecule has 0 bridgehead atoms. The van der Waals surface area contributed by atoms with E-state index < -0.39 is 35.5 Å². The van der Waals surface area contributed by atoms with Gasteiger partial charge < -0.3 is 45.0 Å². The lowest BCUT2D eigenvalue weighted by molar-refractivity contribution is -0.146. The van der Waals surface area contributed by atoms with E-state index in [1.807, 2.05) is 43.3 Å². The van der Waals surface area contributed by atoms with Crippen LogP contribution < -0.4 is 11.1 Å². The quantitative estimate of drug-likeness (QED) is 0.160. The molecule has 0 aromatic heterocycles. The largest absolute Gasteiger partial charge is 0.466 e. The molecule has 4 heterocycles. The monoisotopic (exact) mass is 890 g/mol. The Morgan fingerprint density at radius 2 is 1.55 bits per heavy atom. The van der Waals surface area contributed by atoms with Gasteiger partial charge in [0.1, 0.15) is 0 Å². The van der Waals surface area contributed by atoms with Crippen molar-refractivity contribution in [2.45, 2.75) is 82.2 Å². The molecule has 6 rings (SSSR count). The smallest absolute Gasteiger partial charge is 0.418 e. The molecule has 3 fully saturated rings. The number of urea groups is 1. The first-order valence-electron chi connectivity index (χ1n) is 21.4. The summed E-state index contributed by atoms with van der Waals surface area (Å²) in [6.07, 6.45) is -3.70. The lowest BCUT2D eigenvalue weighted by Crippen LogP contribution is -2.56. The van der Waals surface area contributed by atoms with Gasteiger partial charge in [-0.05, 0) is 81.9 Å².